The first-order valence-corrected chi connectivity index (χ1v) is 4.13. The van der Waals surface area contributed by atoms with E-state index in [9.17, 15) is 4.79 Å². The second-order valence-electron chi connectivity index (χ2n) is 2.54. The van der Waals surface area contributed by atoms with Crippen LogP contribution in [0.1, 0.15) is 40.5 Å². The Hall–Kier alpha value is -0.570. The van der Waals surface area contributed by atoms with Crippen LogP contribution in [0.15, 0.2) is 0 Å². The van der Waals surface area contributed by atoms with Gasteiger partial charge >= 0.3 is 0 Å². The summed E-state index contributed by atoms with van der Waals surface area (Å²) in [6.45, 7) is 2.15. The maximum absolute atomic E-state index is 10.8. The molecule has 0 aliphatic carbocycles. The highest BCUT2D eigenvalue weighted by molar-refractivity contribution is 5.74. The van der Waals surface area contributed by atoms with Gasteiger partial charge in [-0.3, -0.25) is 9.63 Å². The minimum atomic E-state index is -0.0244. The van der Waals surface area contributed by atoms with Crippen LogP contribution in [0.3, 0.4) is 0 Å². The number of hydrogen-bond donors (Lipinski definition) is 1. The number of nitrogens with one attached hydrogen (secondary N) is 1. The molecule has 0 bridgehead atoms. The molecule has 68 valence electrons. The Balaban J connectivity index is 0. The molecule has 1 N–H and O–H groups in total. The summed E-state index contributed by atoms with van der Waals surface area (Å²) in [6, 6.07) is 0. The second kappa shape index (κ2) is 7.54. The van der Waals surface area contributed by atoms with E-state index in [1.807, 2.05) is 0 Å². The molecule has 0 aromatic carbocycles. The van der Waals surface area contributed by atoms with E-state index < -0.39 is 0 Å². The van der Waals surface area contributed by atoms with E-state index in [4.69, 9.17) is 0 Å². The van der Waals surface area contributed by atoms with Crippen molar-refractivity contribution in [3.05, 3.63) is 0 Å². The van der Waals surface area contributed by atoms with Crippen molar-refractivity contribution in [1.29, 1.82) is 0 Å². The van der Waals surface area contributed by atoms with Crippen molar-refractivity contribution in [2.75, 3.05) is 7.11 Å². The van der Waals surface area contributed by atoms with E-state index in [0.29, 0.717) is 6.42 Å². The molecule has 3 nitrogen and oxygen atoms in total. The summed E-state index contributed by atoms with van der Waals surface area (Å²) in [4.78, 5) is 15.2. The lowest BCUT2D eigenvalue weighted by atomic mass is 10.1. The van der Waals surface area contributed by atoms with Gasteiger partial charge in [0.25, 0.3) is 0 Å². The minimum absolute atomic E-state index is 0. The average molecular weight is 161 g/mol. The van der Waals surface area contributed by atoms with Crippen molar-refractivity contribution in [3.8, 4) is 0 Å². The van der Waals surface area contributed by atoms with Gasteiger partial charge in [-0.2, -0.15) is 0 Å². The van der Waals surface area contributed by atoms with Gasteiger partial charge in [0.2, 0.25) is 5.91 Å². The first-order chi connectivity index (χ1) is 5.31. The van der Waals surface area contributed by atoms with Crippen molar-refractivity contribution in [3.63, 3.8) is 0 Å². The van der Waals surface area contributed by atoms with Crippen LogP contribution in [-0.4, -0.2) is 13.0 Å². The number of carbonyl (C=O) groups is 1. The molecule has 3 heteroatoms. The van der Waals surface area contributed by atoms with Gasteiger partial charge in [-0.25, -0.2) is 5.48 Å². The summed E-state index contributed by atoms with van der Waals surface area (Å²) in [7, 11) is 1.45. The van der Waals surface area contributed by atoms with Crippen LogP contribution in [-0.2, 0) is 9.63 Å². The van der Waals surface area contributed by atoms with Gasteiger partial charge in [-0.1, -0.05) is 26.2 Å². The number of hydroxylamine groups is 1. The number of carbonyl (C=O) groups excluding carboxylic acids is 1. The Morgan fingerprint density at radius 1 is 1.45 bits per heavy atom. The Labute approximate surface area is 69.6 Å². The maximum atomic E-state index is 10.8. The van der Waals surface area contributed by atoms with E-state index in [1.54, 1.807) is 0 Å². The van der Waals surface area contributed by atoms with Crippen molar-refractivity contribution >= 4 is 5.91 Å². The third kappa shape index (κ3) is 7.33. The predicted molar refractivity (Wildman–Crippen MR) is 46.0 cm³/mol. The lowest BCUT2D eigenvalue weighted by Gasteiger charge is -2.00. The number of rotatable bonds is 6. The maximum Gasteiger partial charge on any atom is 0.243 e. The van der Waals surface area contributed by atoms with Crippen molar-refractivity contribution in [1.82, 2.24) is 5.48 Å². The van der Waals surface area contributed by atoms with Gasteiger partial charge < -0.3 is 0 Å². The molecule has 0 unspecified atom stereocenters. The van der Waals surface area contributed by atoms with E-state index >= 15 is 0 Å². The van der Waals surface area contributed by atoms with Crippen LogP contribution in [0.5, 0.6) is 0 Å². The first-order valence-electron chi connectivity index (χ1n) is 4.13. The molecule has 0 aliphatic heterocycles. The fraction of sp³-hybridized carbons (Fsp3) is 0.875. The summed E-state index contributed by atoms with van der Waals surface area (Å²) in [5, 5.41) is 0. The molecular formula is C8H19NO2. The fourth-order valence-electron chi connectivity index (χ4n) is 0.877. The number of hydrogen-bond acceptors (Lipinski definition) is 2. The molecule has 0 aliphatic rings. The van der Waals surface area contributed by atoms with Gasteiger partial charge in [0, 0.05) is 7.85 Å². The molecule has 0 saturated carbocycles. The Bertz CT molecular complexity index is 109. The quantitative estimate of drug-likeness (QED) is 0.477. The molecule has 0 heterocycles. The molecule has 0 radical (unpaired) electrons. The van der Waals surface area contributed by atoms with E-state index in [-0.39, 0.29) is 7.33 Å². The number of amides is 1. The van der Waals surface area contributed by atoms with Crippen LogP contribution >= 0.6 is 0 Å². The molecule has 0 rings (SSSR count). The van der Waals surface area contributed by atoms with Crippen LogP contribution in [0.4, 0.5) is 0 Å². The molecule has 1 amide bonds. The topological polar surface area (TPSA) is 38.3 Å². The van der Waals surface area contributed by atoms with Gasteiger partial charge in [0.1, 0.15) is 0 Å². The zero-order chi connectivity index (χ0) is 8.53. The van der Waals surface area contributed by atoms with Crippen molar-refractivity contribution < 1.29 is 11.1 Å². The molecule has 0 atom stereocenters. The number of unbranched alkanes of at least 4 members (excludes halogenated alkanes) is 3. The normalized spacial score (nSPS) is 9.64. The Morgan fingerprint density at radius 2 is 2.18 bits per heavy atom. The second-order valence-corrected chi connectivity index (χ2v) is 2.54. The molecule has 0 aromatic rings. The minimum Gasteiger partial charge on any atom is -0.277 e. The molecule has 0 fully saturated rings. The van der Waals surface area contributed by atoms with E-state index in [0.717, 1.165) is 12.8 Å². The molecule has 11 heavy (non-hydrogen) atoms. The standard InChI is InChI=1S/C8H17NO2.H2/c1-3-4-5-6-7-8(10)9-11-2;/h3-7H2,1-2H3,(H,9,10);1H. The Kier molecular flexibility index (Phi) is 7.15. The first kappa shape index (κ1) is 10.4. The zero-order valence-electron chi connectivity index (χ0n) is 7.35. The van der Waals surface area contributed by atoms with Crippen molar-refractivity contribution in [2.24, 2.45) is 0 Å². The largest absolute Gasteiger partial charge is 0.277 e. The third-order valence-corrected chi connectivity index (χ3v) is 1.47. The van der Waals surface area contributed by atoms with Gasteiger partial charge in [-0.15, -0.1) is 0 Å². The lowest BCUT2D eigenvalue weighted by molar-refractivity contribution is -0.131. The highest BCUT2D eigenvalue weighted by atomic mass is 16.6. The zero-order valence-corrected chi connectivity index (χ0v) is 7.35. The van der Waals surface area contributed by atoms with E-state index in [1.165, 1.54) is 20.0 Å². The van der Waals surface area contributed by atoms with Gasteiger partial charge in [0.05, 0.1) is 7.11 Å². The van der Waals surface area contributed by atoms with Crippen LogP contribution in [0.2, 0.25) is 0 Å². The SMILES string of the molecule is CCCCCCC(=O)NOC.[HH]. The van der Waals surface area contributed by atoms with Crippen LogP contribution < -0.4 is 5.48 Å². The smallest absolute Gasteiger partial charge is 0.243 e. The van der Waals surface area contributed by atoms with Gasteiger partial charge in [0.15, 0.2) is 0 Å². The summed E-state index contributed by atoms with van der Waals surface area (Å²) >= 11 is 0. The van der Waals surface area contributed by atoms with Crippen molar-refractivity contribution in [2.45, 2.75) is 39.0 Å². The Morgan fingerprint density at radius 3 is 2.73 bits per heavy atom. The molecule has 0 aromatic heterocycles. The molecule has 0 saturated heterocycles. The monoisotopic (exact) mass is 161 g/mol. The molecular weight excluding hydrogens is 142 g/mol. The van der Waals surface area contributed by atoms with Crippen LogP contribution in [0, 0.1) is 0 Å². The summed E-state index contributed by atoms with van der Waals surface area (Å²) in [5.41, 5.74) is 2.28. The molecule has 0 spiro atoms. The lowest BCUT2D eigenvalue weighted by Crippen LogP contribution is -2.21. The highest BCUT2D eigenvalue weighted by Gasteiger charge is 1.97. The average Bonchev–Trinajstić information content (AvgIpc) is 1.99. The predicted octanol–water partition coefficient (Wildman–Crippen LogP) is 1.88. The summed E-state index contributed by atoms with van der Waals surface area (Å²) < 4.78 is 0. The van der Waals surface area contributed by atoms with E-state index in [2.05, 4.69) is 17.2 Å². The van der Waals surface area contributed by atoms with Gasteiger partial charge in [-0.05, 0) is 6.42 Å². The summed E-state index contributed by atoms with van der Waals surface area (Å²) in [6.07, 6.45) is 5.08. The highest BCUT2D eigenvalue weighted by Crippen LogP contribution is 2.01. The third-order valence-electron chi connectivity index (χ3n) is 1.47. The van der Waals surface area contributed by atoms with Crippen LogP contribution in [0.25, 0.3) is 0 Å². The summed E-state index contributed by atoms with van der Waals surface area (Å²) in [5.74, 6) is -0.0244. The fourth-order valence-corrected chi connectivity index (χ4v) is 0.877.